The summed E-state index contributed by atoms with van der Waals surface area (Å²) in [6, 6.07) is 8.39. The molecule has 2 aromatic rings. The van der Waals surface area contributed by atoms with Crippen molar-refractivity contribution in [3.63, 3.8) is 0 Å². The third-order valence-electron chi connectivity index (χ3n) is 2.59. The molecule has 0 bridgehead atoms. The van der Waals surface area contributed by atoms with Crippen LogP contribution in [0.25, 0.3) is 0 Å². The number of alkyl halides is 2. The summed E-state index contributed by atoms with van der Waals surface area (Å²) in [7, 11) is 0. The lowest BCUT2D eigenvalue weighted by Gasteiger charge is -2.12. The van der Waals surface area contributed by atoms with Crippen LogP contribution >= 0.6 is 23.4 Å². The smallest absolute Gasteiger partial charge is 0.288 e. The van der Waals surface area contributed by atoms with Crippen LogP contribution in [0.5, 0.6) is 0 Å². The third kappa shape index (κ3) is 4.54. The number of benzene rings is 1. The summed E-state index contributed by atoms with van der Waals surface area (Å²) in [6.45, 7) is 3.91. The Morgan fingerprint density at radius 1 is 1.19 bits per heavy atom. The molecule has 1 aromatic heterocycles. The first kappa shape index (κ1) is 16.0. The maximum Gasteiger partial charge on any atom is 0.288 e. The van der Waals surface area contributed by atoms with Crippen molar-refractivity contribution in [1.82, 2.24) is 9.97 Å². The largest absolute Gasteiger partial charge is 0.339 e. The van der Waals surface area contributed by atoms with Gasteiger partial charge < -0.3 is 5.32 Å². The van der Waals surface area contributed by atoms with Crippen LogP contribution < -0.4 is 5.32 Å². The Morgan fingerprint density at radius 2 is 1.90 bits per heavy atom. The van der Waals surface area contributed by atoms with Gasteiger partial charge in [0.1, 0.15) is 16.8 Å². The molecule has 112 valence electrons. The maximum atomic E-state index is 12.6. The van der Waals surface area contributed by atoms with E-state index in [0.29, 0.717) is 39.1 Å². The van der Waals surface area contributed by atoms with Gasteiger partial charge >= 0.3 is 0 Å². The first-order valence-corrected chi connectivity index (χ1v) is 7.57. The van der Waals surface area contributed by atoms with Gasteiger partial charge in [-0.2, -0.15) is 8.78 Å². The number of halogens is 3. The van der Waals surface area contributed by atoms with E-state index in [1.165, 1.54) is 0 Å². The van der Waals surface area contributed by atoms with Gasteiger partial charge in [-0.05, 0) is 12.1 Å². The minimum Gasteiger partial charge on any atom is -0.339 e. The van der Waals surface area contributed by atoms with Crippen molar-refractivity contribution in [2.45, 2.75) is 30.4 Å². The van der Waals surface area contributed by atoms with E-state index in [1.807, 2.05) is 13.8 Å². The minimum atomic E-state index is -2.48. The molecule has 0 radical (unpaired) electrons. The van der Waals surface area contributed by atoms with Crippen LogP contribution in [0.15, 0.2) is 35.2 Å². The van der Waals surface area contributed by atoms with Crippen molar-refractivity contribution >= 4 is 34.9 Å². The Hall–Kier alpha value is -1.40. The number of anilines is 2. The molecule has 0 atom stereocenters. The zero-order valence-corrected chi connectivity index (χ0v) is 13.1. The molecular formula is C14H14ClF2N3S. The van der Waals surface area contributed by atoms with Gasteiger partial charge in [-0.3, -0.25) is 0 Å². The van der Waals surface area contributed by atoms with E-state index in [0.717, 1.165) is 0 Å². The molecule has 0 aliphatic carbocycles. The number of thioether (sulfide) groups is 1. The monoisotopic (exact) mass is 329 g/mol. The Bertz CT molecular complexity index is 623. The van der Waals surface area contributed by atoms with Crippen LogP contribution in [0.4, 0.5) is 20.3 Å². The van der Waals surface area contributed by atoms with Crippen molar-refractivity contribution in [2.24, 2.45) is 0 Å². The van der Waals surface area contributed by atoms with Crippen LogP contribution in [-0.4, -0.2) is 15.7 Å². The van der Waals surface area contributed by atoms with Crippen LogP contribution in [0.1, 0.15) is 25.6 Å². The number of rotatable bonds is 5. The van der Waals surface area contributed by atoms with Gasteiger partial charge in [0.05, 0.1) is 5.69 Å². The van der Waals surface area contributed by atoms with Crippen molar-refractivity contribution in [3.8, 4) is 0 Å². The van der Waals surface area contributed by atoms with Crippen LogP contribution in [0, 0.1) is 0 Å². The predicted molar refractivity (Wildman–Crippen MR) is 82.7 cm³/mol. The van der Waals surface area contributed by atoms with Gasteiger partial charge in [0, 0.05) is 16.9 Å². The SMILES string of the molecule is CC(C)c1nc(Cl)cc(Nc2ccccc2SC(F)F)n1. The molecule has 1 aromatic carbocycles. The molecule has 0 aliphatic heterocycles. The van der Waals surface area contributed by atoms with Gasteiger partial charge in [0.2, 0.25) is 0 Å². The Kier molecular flexibility index (Phi) is 5.36. The van der Waals surface area contributed by atoms with Crippen molar-refractivity contribution in [1.29, 1.82) is 0 Å². The summed E-state index contributed by atoms with van der Waals surface area (Å²) in [4.78, 5) is 8.93. The number of nitrogens with one attached hydrogen (secondary N) is 1. The lowest BCUT2D eigenvalue weighted by Crippen LogP contribution is -2.02. The molecule has 7 heteroatoms. The van der Waals surface area contributed by atoms with Crippen molar-refractivity contribution in [3.05, 3.63) is 41.3 Å². The number of aromatic nitrogens is 2. The lowest BCUT2D eigenvalue weighted by molar-refractivity contribution is 0.252. The molecular weight excluding hydrogens is 316 g/mol. The lowest BCUT2D eigenvalue weighted by atomic mass is 10.2. The third-order valence-corrected chi connectivity index (χ3v) is 3.58. The quantitative estimate of drug-likeness (QED) is 0.595. The number of hydrogen-bond donors (Lipinski definition) is 1. The highest BCUT2D eigenvalue weighted by molar-refractivity contribution is 7.99. The molecule has 0 amide bonds. The fourth-order valence-corrected chi connectivity index (χ4v) is 2.45. The second-order valence-corrected chi connectivity index (χ2v) is 6.01. The van der Waals surface area contributed by atoms with E-state index in [4.69, 9.17) is 11.6 Å². The van der Waals surface area contributed by atoms with Gasteiger partial charge in [-0.15, -0.1) is 0 Å². The highest BCUT2D eigenvalue weighted by atomic mass is 35.5. The van der Waals surface area contributed by atoms with Gasteiger partial charge in [0.25, 0.3) is 5.76 Å². The van der Waals surface area contributed by atoms with Crippen LogP contribution in [0.3, 0.4) is 0 Å². The highest BCUT2D eigenvalue weighted by Crippen LogP contribution is 2.33. The molecule has 1 N–H and O–H groups in total. The summed E-state index contributed by atoms with van der Waals surface area (Å²) in [5.74, 6) is -1.27. The Labute approximate surface area is 131 Å². The fraction of sp³-hybridized carbons (Fsp3) is 0.286. The second-order valence-electron chi connectivity index (χ2n) is 4.59. The summed E-state index contributed by atoms with van der Waals surface area (Å²) < 4.78 is 25.1. The average Bonchev–Trinajstić information content (AvgIpc) is 2.39. The van der Waals surface area contributed by atoms with Crippen LogP contribution in [-0.2, 0) is 0 Å². The zero-order valence-electron chi connectivity index (χ0n) is 11.5. The van der Waals surface area contributed by atoms with Gasteiger partial charge in [-0.25, -0.2) is 9.97 Å². The number of para-hydroxylation sites is 1. The van der Waals surface area contributed by atoms with E-state index in [2.05, 4.69) is 15.3 Å². The first-order valence-electron chi connectivity index (χ1n) is 6.31. The zero-order chi connectivity index (χ0) is 15.4. The minimum absolute atomic E-state index is 0.120. The molecule has 0 spiro atoms. The number of hydrogen-bond acceptors (Lipinski definition) is 4. The molecule has 0 saturated carbocycles. The van der Waals surface area contributed by atoms with E-state index in [-0.39, 0.29) is 5.92 Å². The van der Waals surface area contributed by atoms with E-state index in [9.17, 15) is 8.78 Å². The molecule has 1 heterocycles. The van der Waals surface area contributed by atoms with E-state index >= 15 is 0 Å². The highest BCUT2D eigenvalue weighted by Gasteiger charge is 2.12. The Morgan fingerprint density at radius 3 is 2.57 bits per heavy atom. The summed E-state index contributed by atoms with van der Waals surface area (Å²) >= 11 is 6.45. The summed E-state index contributed by atoms with van der Waals surface area (Å²) in [5.41, 5.74) is 0.562. The van der Waals surface area contributed by atoms with Gasteiger partial charge in [-0.1, -0.05) is 49.3 Å². The van der Waals surface area contributed by atoms with E-state index in [1.54, 1.807) is 30.3 Å². The molecule has 2 rings (SSSR count). The van der Waals surface area contributed by atoms with Crippen molar-refractivity contribution in [2.75, 3.05) is 5.32 Å². The molecule has 21 heavy (non-hydrogen) atoms. The summed E-state index contributed by atoms with van der Waals surface area (Å²) in [5, 5.41) is 3.34. The Balaban J connectivity index is 2.30. The standard InChI is InChI=1S/C14H14ClF2N3S/c1-8(2)13-19-11(15)7-12(20-13)18-9-5-3-4-6-10(9)21-14(16)17/h3-8,14H,1-2H3,(H,18,19,20). The van der Waals surface area contributed by atoms with Gasteiger partial charge in [0.15, 0.2) is 0 Å². The molecule has 3 nitrogen and oxygen atoms in total. The topological polar surface area (TPSA) is 37.8 Å². The first-order chi connectivity index (χ1) is 9.95. The van der Waals surface area contributed by atoms with Crippen molar-refractivity contribution < 1.29 is 8.78 Å². The summed E-state index contributed by atoms with van der Waals surface area (Å²) in [6.07, 6.45) is 0. The fourth-order valence-electron chi connectivity index (χ4n) is 1.66. The number of nitrogens with zero attached hydrogens (tertiary/aromatic N) is 2. The van der Waals surface area contributed by atoms with E-state index < -0.39 is 5.76 Å². The normalized spacial score (nSPS) is 11.2. The predicted octanol–water partition coefficient (Wildman–Crippen LogP) is 5.31. The molecule has 0 unspecified atom stereocenters. The maximum absolute atomic E-state index is 12.6. The molecule has 0 aliphatic rings. The van der Waals surface area contributed by atoms with Crippen LogP contribution in [0.2, 0.25) is 5.15 Å². The molecule has 0 fully saturated rings. The second kappa shape index (κ2) is 7.04. The average molecular weight is 330 g/mol. The molecule has 0 saturated heterocycles.